The van der Waals surface area contributed by atoms with Gasteiger partial charge in [-0.2, -0.15) is 0 Å². The Kier molecular flexibility index (Phi) is 4.92. The van der Waals surface area contributed by atoms with Crippen LogP contribution in [0.5, 0.6) is 0 Å². The molecule has 0 aliphatic rings. The minimum Gasteiger partial charge on any atom is -0.310 e. The van der Waals surface area contributed by atoms with Gasteiger partial charge in [0.05, 0.1) is 5.52 Å². The van der Waals surface area contributed by atoms with Gasteiger partial charge >= 0.3 is 0 Å². The number of hydrogen-bond donors (Lipinski definition) is 1. The maximum Gasteiger partial charge on any atom is 0.0705 e. The molecule has 2 unspecified atom stereocenters. The van der Waals surface area contributed by atoms with Crippen LogP contribution in [-0.2, 0) is 0 Å². The monoisotopic (exact) mass is 256 g/mol. The fraction of sp³-hybridized carbons (Fsp3) is 0.471. The molecule has 2 rings (SSSR count). The van der Waals surface area contributed by atoms with Crippen LogP contribution in [0.25, 0.3) is 10.9 Å². The molecule has 0 aliphatic heterocycles. The maximum atomic E-state index is 4.46. The molecule has 2 atom stereocenters. The Hall–Kier alpha value is -1.41. The highest BCUT2D eigenvalue weighted by Gasteiger charge is 2.16. The topological polar surface area (TPSA) is 24.9 Å². The van der Waals surface area contributed by atoms with Gasteiger partial charge in [-0.3, -0.25) is 4.98 Å². The van der Waals surface area contributed by atoms with Crippen LogP contribution < -0.4 is 5.32 Å². The number of nitrogens with one attached hydrogen (secondary N) is 1. The summed E-state index contributed by atoms with van der Waals surface area (Å²) >= 11 is 0. The lowest BCUT2D eigenvalue weighted by atomic mass is 9.92. The Morgan fingerprint density at radius 2 is 1.95 bits per heavy atom. The number of para-hydroxylation sites is 1. The molecule has 0 bridgehead atoms. The zero-order valence-electron chi connectivity index (χ0n) is 12.2. The molecule has 0 spiro atoms. The van der Waals surface area contributed by atoms with Crippen molar-refractivity contribution in [1.82, 2.24) is 10.3 Å². The summed E-state index contributed by atoms with van der Waals surface area (Å²) < 4.78 is 0. The summed E-state index contributed by atoms with van der Waals surface area (Å²) in [6.45, 7) is 7.76. The van der Waals surface area contributed by atoms with E-state index in [2.05, 4.69) is 61.4 Å². The Morgan fingerprint density at radius 3 is 2.68 bits per heavy atom. The average Bonchev–Trinajstić information content (AvgIpc) is 2.46. The third-order valence-corrected chi connectivity index (χ3v) is 3.84. The van der Waals surface area contributed by atoms with Crippen molar-refractivity contribution >= 4 is 10.9 Å². The van der Waals surface area contributed by atoms with E-state index in [9.17, 15) is 0 Å². The molecule has 0 saturated heterocycles. The third kappa shape index (κ3) is 3.32. The van der Waals surface area contributed by atoms with Crippen LogP contribution in [-0.4, -0.2) is 11.5 Å². The second-order valence-electron chi connectivity index (χ2n) is 5.28. The van der Waals surface area contributed by atoms with Gasteiger partial charge in [-0.1, -0.05) is 45.4 Å². The number of pyridine rings is 1. The van der Waals surface area contributed by atoms with Gasteiger partial charge in [0.15, 0.2) is 0 Å². The quantitative estimate of drug-likeness (QED) is 0.832. The van der Waals surface area contributed by atoms with Gasteiger partial charge in [-0.15, -0.1) is 0 Å². The first-order valence-electron chi connectivity index (χ1n) is 7.33. The Bertz CT molecular complexity index is 516. The van der Waals surface area contributed by atoms with Crippen LogP contribution in [0.1, 0.15) is 45.2 Å². The fourth-order valence-corrected chi connectivity index (χ4v) is 2.56. The van der Waals surface area contributed by atoms with Crippen LogP contribution in [0.2, 0.25) is 0 Å². The number of hydrogen-bond acceptors (Lipinski definition) is 2. The molecule has 0 amide bonds. The fourth-order valence-electron chi connectivity index (χ4n) is 2.56. The van der Waals surface area contributed by atoms with Gasteiger partial charge in [-0.05, 0) is 36.6 Å². The van der Waals surface area contributed by atoms with Crippen molar-refractivity contribution in [2.24, 2.45) is 5.92 Å². The van der Waals surface area contributed by atoms with Crippen LogP contribution in [0, 0.1) is 5.92 Å². The van der Waals surface area contributed by atoms with E-state index in [1.807, 2.05) is 6.20 Å². The molecule has 1 N–H and O–H groups in total. The third-order valence-electron chi connectivity index (χ3n) is 3.84. The molecule has 1 aromatic heterocycles. The standard InChI is InChI=1S/C17H24N2/c1-4-13(3)12-17(18-5-2)15-10-11-19-16-9-7-6-8-14(15)16/h6-11,13,17-18H,4-5,12H2,1-3H3. The highest BCUT2D eigenvalue weighted by molar-refractivity contribution is 5.82. The van der Waals surface area contributed by atoms with Crippen molar-refractivity contribution in [3.63, 3.8) is 0 Å². The van der Waals surface area contributed by atoms with Gasteiger partial charge < -0.3 is 5.32 Å². The minimum absolute atomic E-state index is 0.424. The molecule has 0 aliphatic carbocycles. The molecule has 0 fully saturated rings. The summed E-state index contributed by atoms with van der Waals surface area (Å²) in [7, 11) is 0. The van der Waals surface area contributed by atoms with E-state index in [0.29, 0.717) is 6.04 Å². The maximum absolute atomic E-state index is 4.46. The summed E-state index contributed by atoms with van der Waals surface area (Å²) in [5, 5.41) is 4.91. The van der Waals surface area contributed by atoms with Gasteiger partial charge in [0.1, 0.15) is 0 Å². The van der Waals surface area contributed by atoms with E-state index in [0.717, 1.165) is 18.0 Å². The van der Waals surface area contributed by atoms with Crippen LogP contribution in [0.15, 0.2) is 36.5 Å². The van der Waals surface area contributed by atoms with Crippen molar-refractivity contribution in [2.45, 2.75) is 39.7 Å². The highest BCUT2D eigenvalue weighted by atomic mass is 14.9. The van der Waals surface area contributed by atoms with Crippen molar-refractivity contribution in [3.05, 3.63) is 42.1 Å². The summed E-state index contributed by atoms with van der Waals surface area (Å²) in [5.74, 6) is 0.732. The zero-order valence-corrected chi connectivity index (χ0v) is 12.2. The van der Waals surface area contributed by atoms with Crippen molar-refractivity contribution < 1.29 is 0 Å². The van der Waals surface area contributed by atoms with Crippen LogP contribution >= 0.6 is 0 Å². The normalized spacial score (nSPS) is 14.5. The lowest BCUT2D eigenvalue weighted by Gasteiger charge is -2.23. The van der Waals surface area contributed by atoms with Crippen molar-refractivity contribution in [2.75, 3.05) is 6.54 Å². The molecule has 2 nitrogen and oxygen atoms in total. The molecular weight excluding hydrogens is 232 g/mol. The molecule has 19 heavy (non-hydrogen) atoms. The molecule has 2 heteroatoms. The van der Waals surface area contributed by atoms with Crippen molar-refractivity contribution in [1.29, 1.82) is 0 Å². The van der Waals surface area contributed by atoms with Gasteiger partial charge in [0, 0.05) is 17.6 Å². The van der Waals surface area contributed by atoms with E-state index in [1.54, 1.807) is 0 Å². The average molecular weight is 256 g/mol. The predicted octanol–water partition coefficient (Wildman–Crippen LogP) is 4.32. The van der Waals surface area contributed by atoms with E-state index < -0.39 is 0 Å². The van der Waals surface area contributed by atoms with Crippen molar-refractivity contribution in [3.8, 4) is 0 Å². The van der Waals surface area contributed by atoms with Gasteiger partial charge in [0.2, 0.25) is 0 Å². The predicted molar refractivity (Wildman–Crippen MR) is 82.2 cm³/mol. The summed E-state index contributed by atoms with van der Waals surface area (Å²) in [6, 6.07) is 11.0. The Morgan fingerprint density at radius 1 is 1.16 bits per heavy atom. The number of benzene rings is 1. The SMILES string of the molecule is CCNC(CC(C)CC)c1ccnc2ccccc12. The zero-order chi connectivity index (χ0) is 13.7. The van der Waals surface area contributed by atoms with E-state index in [4.69, 9.17) is 0 Å². The first-order valence-corrected chi connectivity index (χ1v) is 7.33. The number of aromatic nitrogens is 1. The second-order valence-corrected chi connectivity index (χ2v) is 5.28. The molecule has 102 valence electrons. The molecule has 0 radical (unpaired) electrons. The lowest BCUT2D eigenvalue weighted by molar-refractivity contribution is 0.410. The number of fused-ring (bicyclic) bond motifs is 1. The first-order chi connectivity index (χ1) is 9.26. The summed E-state index contributed by atoms with van der Waals surface area (Å²) in [4.78, 5) is 4.46. The highest BCUT2D eigenvalue weighted by Crippen LogP contribution is 2.28. The van der Waals surface area contributed by atoms with Gasteiger partial charge in [-0.25, -0.2) is 0 Å². The molecular formula is C17H24N2. The number of rotatable bonds is 6. The smallest absolute Gasteiger partial charge is 0.0705 e. The Labute approximate surface area is 116 Å². The van der Waals surface area contributed by atoms with Gasteiger partial charge in [0.25, 0.3) is 0 Å². The summed E-state index contributed by atoms with van der Waals surface area (Å²) in [6.07, 6.45) is 4.34. The molecule has 1 aromatic carbocycles. The van der Waals surface area contributed by atoms with Crippen LogP contribution in [0.4, 0.5) is 0 Å². The second kappa shape index (κ2) is 6.67. The minimum atomic E-state index is 0.424. The Balaban J connectivity index is 2.38. The van der Waals surface area contributed by atoms with Crippen LogP contribution in [0.3, 0.4) is 0 Å². The number of nitrogens with zero attached hydrogens (tertiary/aromatic N) is 1. The molecule has 2 aromatic rings. The van der Waals surface area contributed by atoms with E-state index in [1.165, 1.54) is 23.8 Å². The molecule has 0 saturated carbocycles. The van der Waals surface area contributed by atoms with E-state index >= 15 is 0 Å². The lowest BCUT2D eigenvalue weighted by Crippen LogP contribution is -2.23. The van der Waals surface area contributed by atoms with E-state index in [-0.39, 0.29) is 0 Å². The first kappa shape index (κ1) is 14.0. The largest absolute Gasteiger partial charge is 0.310 e. The molecule has 1 heterocycles. The summed E-state index contributed by atoms with van der Waals surface area (Å²) in [5.41, 5.74) is 2.47.